The van der Waals surface area contributed by atoms with Crippen molar-refractivity contribution in [3.63, 3.8) is 0 Å². The van der Waals surface area contributed by atoms with E-state index in [-0.39, 0.29) is 6.23 Å². The number of hydrogen-bond acceptors (Lipinski definition) is 3. The fraction of sp³-hybridized carbons (Fsp3) is 1.00. The molecule has 1 aliphatic heterocycles. The predicted molar refractivity (Wildman–Crippen MR) is 59.2 cm³/mol. The van der Waals surface area contributed by atoms with E-state index in [0.29, 0.717) is 6.04 Å². The van der Waals surface area contributed by atoms with Crippen LogP contribution in [0, 0.1) is 0 Å². The topological polar surface area (TPSA) is 35.5 Å². The Morgan fingerprint density at radius 3 is 2.71 bits per heavy atom. The van der Waals surface area contributed by atoms with Crippen LogP contribution in [0.2, 0.25) is 0 Å². The van der Waals surface area contributed by atoms with Crippen LogP contribution < -0.4 is 5.32 Å². The van der Waals surface area contributed by atoms with Gasteiger partial charge >= 0.3 is 0 Å². The first-order valence-electron chi connectivity index (χ1n) is 5.85. The Kier molecular flexibility index (Phi) is 5.45. The number of nitrogens with zero attached hydrogens (tertiary/aromatic N) is 1. The third-order valence-corrected chi connectivity index (χ3v) is 2.92. The van der Waals surface area contributed by atoms with E-state index in [1.807, 2.05) is 0 Å². The van der Waals surface area contributed by atoms with Crippen molar-refractivity contribution in [2.24, 2.45) is 0 Å². The molecule has 0 aliphatic carbocycles. The van der Waals surface area contributed by atoms with Crippen LogP contribution in [0.25, 0.3) is 0 Å². The van der Waals surface area contributed by atoms with Gasteiger partial charge in [0.1, 0.15) is 6.23 Å². The van der Waals surface area contributed by atoms with Crippen LogP contribution in [0.1, 0.15) is 39.5 Å². The smallest absolute Gasteiger partial charge is 0.106 e. The Balaban J connectivity index is 2.36. The summed E-state index contributed by atoms with van der Waals surface area (Å²) in [7, 11) is 0. The SMILES string of the molecule is CC(C)N1CCCCCNC(O)CC1. The lowest BCUT2D eigenvalue weighted by Gasteiger charge is -2.28. The molecule has 0 bridgehead atoms. The average Bonchev–Trinajstić information content (AvgIpc) is 2.15. The molecule has 1 aliphatic rings. The maximum Gasteiger partial charge on any atom is 0.106 e. The van der Waals surface area contributed by atoms with E-state index in [2.05, 4.69) is 24.1 Å². The van der Waals surface area contributed by atoms with Gasteiger partial charge in [-0.3, -0.25) is 5.32 Å². The molecule has 0 radical (unpaired) electrons. The molecule has 0 spiro atoms. The van der Waals surface area contributed by atoms with Crippen molar-refractivity contribution >= 4 is 0 Å². The standard InChI is InChI=1S/C11H24N2O/c1-10(2)13-8-5-3-4-7-12-11(14)6-9-13/h10-12,14H,3-9H2,1-2H3. The molecule has 0 saturated carbocycles. The fourth-order valence-corrected chi connectivity index (χ4v) is 1.90. The van der Waals surface area contributed by atoms with Gasteiger partial charge in [0.15, 0.2) is 0 Å². The molecule has 14 heavy (non-hydrogen) atoms. The van der Waals surface area contributed by atoms with E-state index in [0.717, 1.165) is 19.5 Å². The normalized spacial score (nSPS) is 27.9. The average molecular weight is 200 g/mol. The third-order valence-electron chi connectivity index (χ3n) is 2.92. The Labute approximate surface area is 87.5 Å². The predicted octanol–water partition coefficient (Wildman–Crippen LogP) is 1.18. The summed E-state index contributed by atoms with van der Waals surface area (Å²) in [4.78, 5) is 2.45. The maximum absolute atomic E-state index is 9.59. The van der Waals surface area contributed by atoms with Gasteiger partial charge in [-0.1, -0.05) is 6.42 Å². The summed E-state index contributed by atoms with van der Waals surface area (Å²) in [5.41, 5.74) is 0. The van der Waals surface area contributed by atoms with Crippen molar-refractivity contribution in [2.75, 3.05) is 19.6 Å². The molecule has 1 fully saturated rings. The van der Waals surface area contributed by atoms with E-state index in [4.69, 9.17) is 0 Å². The molecule has 2 N–H and O–H groups in total. The largest absolute Gasteiger partial charge is 0.379 e. The Morgan fingerprint density at radius 2 is 2.00 bits per heavy atom. The molecule has 3 nitrogen and oxygen atoms in total. The second kappa shape index (κ2) is 6.38. The summed E-state index contributed by atoms with van der Waals surface area (Å²) in [5.74, 6) is 0. The number of aliphatic hydroxyl groups is 1. The third kappa shape index (κ3) is 4.40. The second-order valence-electron chi connectivity index (χ2n) is 4.45. The van der Waals surface area contributed by atoms with E-state index < -0.39 is 0 Å². The molecule has 84 valence electrons. The molecule has 3 heteroatoms. The number of hydrogen-bond donors (Lipinski definition) is 2. The molecule has 1 atom stereocenters. The monoisotopic (exact) mass is 200 g/mol. The molecule has 1 saturated heterocycles. The zero-order chi connectivity index (χ0) is 10.4. The van der Waals surface area contributed by atoms with Crippen molar-refractivity contribution in [2.45, 2.75) is 51.8 Å². The van der Waals surface area contributed by atoms with Crippen LogP contribution in [0.3, 0.4) is 0 Å². The Hall–Kier alpha value is -0.120. The Bertz CT molecular complexity index is 150. The summed E-state index contributed by atoms with van der Waals surface area (Å²) in [6.45, 7) is 7.61. The van der Waals surface area contributed by atoms with Crippen LogP contribution >= 0.6 is 0 Å². The van der Waals surface area contributed by atoms with Crippen LogP contribution in [-0.4, -0.2) is 41.9 Å². The molecule has 1 unspecified atom stereocenters. The molecular weight excluding hydrogens is 176 g/mol. The summed E-state index contributed by atoms with van der Waals surface area (Å²) in [5, 5.41) is 12.7. The molecule has 0 aromatic carbocycles. The lowest BCUT2D eigenvalue weighted by Crippen LogP contribution is -2.39. The first kappa shape index (κ1) is 12.0. The fourth-order valence-electron chi connectivity index (χ4n) is 1.90. The van der Waals surface area contributed by atoms with E-state index in [9.17, 15) is 5.11 Å². The van der Waals surface area contributed by atoms with Gasteiger partial charge in [0.2, 0.25) is 0 Å². The van der Waals surface area contributed by atoms with Gasteiger partial charge in [-0.25, -0.2) is 0 Å². The van der Waals surface area contributed by atoms with Crippen molar-refractivity contribution in [1.82, 2.24) is 10.2 Å². The molecule has 1 heterocycles. The van der Waals surface area contributed by atoms with Crippen molar-refractivity contribution in [3.8, 4) is 0 Å². The first-order chi connectivity index (χ1) is 6.70. The highest BCUT2D eigenvalue weighted by Crippen LogP contribution is 2.07. The summed E-state index contributed by atoms with van der Waals surface area (Å²) < 4.78 is 0. The van der Waals surface area contributed by atoms with Gasteiger partial charge in [-0.05, 0) is 46.2 Å². The highest BCUT2D eigenvalue weighted by atomic mass is 16.3. The highest BCUT2D eigenvalue weighted by molar-refractivity contribution is 4.67. The second-order valence-corrected chi connectivity index (χ2v) is 4.45. The molecule has 1 rings (SSSR count). The zero-order valence-corrected chi connectivity index (χ0v) is 9.50. The molecule has 0 aromatic heterocycles. The number of nitrogens with one attached hydrogen (secondary N) is 1. The van der Waals surface area contributed by atoms with Gasteiger partial charge in [-0.15, -0.1) is 0 Å². The minimum absolute atomic E-state index is 0.311. The van der Waals surface area contributed by atoms with Gasteiger partial charge in [0.05, 0.1) is 0 Å². The number of aliphatic hydroxyl groups excluding tert-OH is 1. The summed E-state index contributed by atoms with van der Waals surface area (Å²) in [6.07, 6.45) is 4.27. The summed E-state index contributed by atoms with van der Waals surface area (Å²) >= 11 is 0. The van der Waals surface area contributed by atoms with Crippen LogP contribution in [-0.2, 0) is 0 Å². The summed E-state index contributed by atoms with van der Waals surface area (Å²) in [6, 6.07) is 0.599. The Morgan fingerprint density at radius 1 is 1.21 bits per heavy atom. The molecular formula is C11H24N2O. The minimum atomic E-state index is -0.311. The first-order valence-corrected chi connectivity index (χ1v) is 5.85. The van der Waals surface area contributed by atoms with Crippen LogP contribution in [0.4, 0.5) is 0 Å². The van der Waals surface area contributed by atoms with Crippen molar-refractivity contribution in [3.05, 3.63) is 0 Å². The zero-order valence-electron chi connectivity index (χ0n) is 9.50. The quantitative estimate of drug-likeness (QED) is 0.667. The van der Waals surface area contributed by atoms with E-state index in [1.54, 1.807) is 0 Å². The van der Waals surface area contributed by atoms with Gasteiger partial charge in [0.25, 0.3) is 0 Å². The van der Waals surface area contributed by atoms with Crippen LogP contribution in [0.15, 0.2) is 0 Å². The number of rotatable bonds is 1. The lowest BCUT2D eigenvalue weighted by molar-refractivity contribution is 0.0968. The lowest BCUT2D eigenvalue weighted by atomic mass is 10.1. The van der Waals surface area contributed by atoms with Crippen molar-refractivity contribution in [1.29, 1.82) is 0 Å². The van der Waals surface area contributed by atoms with Gasteiger partial charge < -0.3 is 10.0 Å². The van der Waals surface area contributed by atoms with E-state index >= 15 is 0 Å². The highest BCUT2D eigenvalue weighted by Gasteiger charge is 2.12. The van der Waals surface area contributed by atoms with E-state index in [1.165, 1.54) is 25.8 Å². The van der Waals surface area contributed by atoms with Crippen molar-refractivity contribution < 1.29 is 5.11 Å². The van der Waals surface area contributed by atoms with Crippen LogP contribution in [0.5, 0.6) is 0 Å². The van der Waals surface area contributed by atoms with Gasteiger partial charge in [0, 0.05) is 12.6 Å². The molecule has 0 aromatic rings. The molecule has 0 amide bonds. The van der Waals surface area contributed by atoms with Gasteiger partial charge in [-0.2, -0.15) is 0 Å². The maximum atomic E-state index is 9.59. The minimum Gasteiger partial charge on any atom is -0.379 e.